The van der Waals surface area contributed by atoms with Crippen molar-refractivity contribution >= 4 is 11.9 Å². The largest absolute Gasteiger partial charge is 0.466 e. The van der Waals surface area contributed by atoms with Crippen molar-refractivity contribution in [1.29, 1.82) is 0 Å². The van der Waals surface area contributed by atoms with E-state index >= 15 is 0 Å². The second-order valence-corrected chi connectivity index (χ2v) is 2.52. The van der Waals surface area contributed by atoms with Crippen LogP contribution in [0.15, 0.2) is 0 Å². The van der Waals surface area contributed by atoms with Crippen molar-refractivity contribution in [3.05, 3.63) is 0 Å². The van der Waals surface area contributed by atoms with Gasteiger partial charge in [0.1, 0.15) is 0 Å². The van der Waals surface area contributed by atoms with Crippen LogP contribution in [0.1, 0.15) is 26.2 Å². The van der Waals surface area contributed by atoms with Crippen LogP contribution in [0.5, 0.6) is 0 Å². The molecule has 0 saturated carbocycles. The molecule has 0 aliphatic rings. The molecule has 0 bridgehead atoms. The highest BCUT2D eigenvalue weighted by atomic mass is 16.5. The van der Waals surface area contributed by atoms with Crippen LogP contribution < -0.4 is 0 Å². The van der Waals surface area contributed by atoms with Gasteiger partial charge in [0.2, 0.25) is 0 Å². The van der Waals surface area contributed by atoms with E-state index in [1.165, 1.54) is 0 Å². The van der Waals surface area contributed by atoms with E-state index in [1.807, 2.05) is 0 Å². The van der Waals surface area contributed by atoms with Crippen LogP contribution in [0.3, 0.4) is 0 Å². The molecule has 0 radical (unpaired) electrons. The van der Waals surface area contributed by atoms with Crippen molar-refractivity contribution < 1.29 is 19.1 Å². The van der Waals surface area contributed by atoms with Gasteiger partial charge in [0.25, 0.3) is 0 Å². The van der Waals surface area contributed by atoms with E-state index in [4.69, 9.17) is 6.42 Å². The van der Waals surface area contributed by atoms with Gasteiger partial charge in [0.05, 0.1) is 6.61 Å². The summed E-state index contributed by atoms with van der Waals surface area (Å²) in [5, 5.41) is 0. The van der Waals surface area contributed by atoms with Crippen LogP contribution >= 0.6 is 0 Å². The lowest BCUT2D eigenvalue weighted by Crippen LogP contribution is -2.07. The molecular weight excluding hydrogens is 184 g/mol. The topological polar surface area (TPSA) is 52.6 Å². The molecule has 0 aromatic rings. The summed E-state index contributed by atoms with van der Waals surface area (Å²) in [6, 6.07) is 0. The monoisotopic (exact) mass is 198 g/mol. The summed E-state index contributed by atoms with van der Waals surface area (Å²) in [5.41, 5.74) is 0. The predicted molar refractivity (Wildman–Crippen MR) is 50.3 cm³/mol. The molecule has 0 aromatic carbocycles. The zero-order chi connectivity index (χ0) is 10.8. The van der Waals surface area contributed by atoms with Gasteiger partial charge in [0.15, 0.2) is 6.61 Å². The Labute approximate surface area is 83.6 Å². The van der Waals surface area contributed by atoms with E-state index in [0.717, 1.165) is 0 Å². The fraction of sp³-hybridized carbons (Fsp3) is 0.600. The summed E-state index contributed by atoms with van der Waals surface area (Å²) >= 11 is 0. The molecule has 0 heterocycles. The Hall–Kier alpha value is -1.50. The zero-order valence-electron chi connectivity index (χ0n) is 8.25. The van der Waals surface area contributed by atoms with E-state index in [0.29, 0.717) is 13.0 Å². The van der Waals surface area contributed by atoms with Crippen LogP contribution in [0.25, 0.3) is 0 Å². The number of ether oxygens (including phenoxy) is 2. The van der Waals surface area contributed by atoms with E-state index in [9.17, 15) is 9.59 Å². The fourth-order valence-electron chi connectivity index (χ4n) is 0.805. The smallest absolute Gasteiger partial charge is 0.306 e. The van der Waals surface area contributed by atoms with Crippen LogP contribution in [-0.4, -0.2) is 25.2 Å². The van der Waals surface area contributed by atoms with Crippen molar-refractivity contribution in [2.45, 2.75) is 26.2 Å². The first kappa shape index (κ1) is 12.5. The SMILES string of the molecule is C#CCOC(=O)CCCC(=O)OCC. The Balaban J connectivity index is 3.40. The van der Waals surface area contributed by atoms with E-state index in [-0.39, 0.29) is 31.4 Å². The minimum Gasteiger partial charge on any atom is -0.466 e. The average molecular weight is 198 g/mol. The Morgan fingerprint density at radius 2 is 1.79 bits per heavy atom. The van der Waals surface area contributed by atoms with Crippen LogP contribution in [0, 0.1) is 12.3 Å². The van der Waals surface area contributed by atoms with Gasteiger partial charge in [-0.3, -0.25) is 9.59 Å². The Kier molecular flexibility index (Phi) is 7.24. The molecule has 4 heteroatoms. The summed E-state index contributed by atoms with van der Waals surface area (Å²) < 4.78 is 9.29. The number of carbonyl (C=O) groups excluding carboxylic acids is 2. The number of hydrogen-bond acceptors (Lipinski definition) is 4. The van der Waals surface area contributed by atoms with Gasteiger partial charge in [-0.05, 0) is 13.3 Å². The molecule has 0 aliphatic carbocycles. The molecule has 0 unspecified atom stereocenters. The highest BCUT2D eigenvalue weighted by Crippen LogP contribution is 1.99. The van der Waals surface area contributed by atoms with Gasteiger partial charge in [0, 0.05) is 12.8 Å². The molecule has 0 atom stereocenters. The number of carbonyl (C=O) groups is 2. The highest BCUT2D eigenvalue weighted by molar-refractivity contribution is 5.72. The molecule has 0 rings (SSSR count). The summed E-state index contributed by atoms with van der Waals surface area (Å²) in [5.74, 6) is 1.51. The van der Waals surface area contributed by atoms with Crippen LogP contribution in [-0.2, 0) is 19.1 Å². The van der Waals surface area contributed by atoms with E-state index in [2.05, 4.69) is 15.4 Å². The predicted octanol–water partition coefficient (Wildman–Crippen LogP) is 0.896. The van der Waals surface area contributed by atoms with Gasteiger partial charge in [-0.25, -0.2) is 0 Å². The van der Waals surface area contributed by atoms with Crippen LogP contribution in [0.4, 0.5) is 0 Å². The maximum Gasteiger partial charge on any atom is 0.306 e. The zero-order valence-corrected chi connectivity index (χ0v) is 8.25. The third kappa shape index (κ3) is 7.17. The van der Waals surface area contributed by atoms with Gasteiger partial charge < -0.3 is 9.47 Å². The molecule has 0 aliphatic heterocycles. The summed E-state index contributed by atoms with van der Waals surface area (Å²) in [6.45, 7) is 2.08. The van der Waals surface area contributed by atoms with Crippen molar-refractivity contribution in [3.8, 4) is 12.3 Å². The molecule has 14 heavy (non-hydrogen) atoms. The number of terminal acetylenes is 1. The maximum atomic E-state index is 10.9. The quantitative estimate of drug-likeness (QED) is 0.470. The van der Waals surface area contributed by atoms with Crippen molar-refractivity contribution in [1.82, 2.24) is 0 Å². The second-order valence-electron chi connectivity index (χ2n) is 2.52. The standard InChI is InChI=1S/C10H14O4/c1-3-8-14-10(12)7-5-6-9(11)13-4-2/h1H,4-8H2,2H3. The van der Waals surface area contributed by atoms with E-state index in [1.54, 1.807) is 6.92 Å². The minimum atomic E-state index is -0.382. The Bertz CT molecular complexity index is 227. The van der Waals surface area contributed by atoms with Gasteiger partial charge in [-0.2, -0.15) is 0 Å². The lowest BCUT2D eigenvalue weighted by atomic mass is 10.2. The van der Waals surface area contributed by atoms with Gasteiger partial charge in [-0.15, -0.1) is 6.42 Å². The first-order valence-electron chi connectivity index (χ1n) is 4.45. The fourth-order valence-corrected chi connectivity index (χ4v) is 0.805. The number of esters is 2. The van der Waals surface area contributed by atoms with Gasteiger partial charge >= 0.3 is 11.9 Å². The lowest BCUT2D eigenvalue weighted by molar-refractivity contribution is -0.144. The molecule has 0 N–H and O–H groups in total. The first-order valence-corrected chi connectivity index (χ1v) is 4.45. The molecule has 4 nitrogen and oxygen atoms in total. The molecule has 0 fully saturated rings. The number of hydrogen-bond donors (Lipinski definition) is 0. The normalized spacial score (nSPS) is 8.86. The minimum absolute atomic E-state index is 0.0156. The van der Waals surface area contributed by atoms with Crippen molar-refractivity contribution in [3.63, 3.8) is 0 Å². The molecule has 0 aromatic heterocycles. The van der Waals surface area contributed by atoms with Crippen LogP contribution in [0.2, 0.25) is 0 Å². The number of rotatable bonds is 6. The summed E-state index contributed by atoms with van der Waals surface area (Å²) in [7, 11) is 0. The molecule has 0 spiro atoms. The third-order valence-corrected chi connectivity index (χ3v) is 1.38. The molecule has 0 saturated heterocycles. The third-order valence-electron chi connectivity index (χ3n) is 1.38. The lowest BCUT2D eigenvalue weighted by Gasteiger charge is -2.01. The maximum absolute atomic E-state index is 10.9. The van der Waals surface area contributed by atoms with E-state index < -0.39 is 0 Å². The van der Waals surface area contributed by atoms with Crippen molar-refractivity contribution in [2.75, 3.05) is 13.2 Å². The molecular formula is C10H14O4. The average Bonchev–Trinajstić information content (AvgIpc) is 2.15. The summed E-state index contributed by atoms with van der Waals surface area (Å²) in [4.78, 5) is 21.7. The molecule has 0 amide bonds. The van der Waals surface area contributed by atoms with Gasteiger partial charge in [-0.1, -0.05) is 5.92 Å². The Morgan fingerprint density at radius 1 is 1.21 bits per heavy atom. The summed E-state index contributed by atoms with van der Waals surface area (Å²) in [6.07, 6.45) is 5.75. The van der Waals surface area contributed by atoms with Crippen molar-refractivity contribution in [2.24, 2.45) is 0 Å². The first-order chi connectivity index (χ1) is 6.70. The highest BCUT2D eigenvalue weighted by Gasteiger charge is 2.05. The Morgan fingerprint density at radius 3 is 2.29 bits per heavy atom. The molecule has 78 valence electrons. The second kappa shape index (κ2) is 8.11.